The third-order valence-corrected chi connectivity index (χ3v) is 4.18. The van der Waals surface area contributed by atoms with Crippen LogP contribution in [0.5, 0.6) is 0 Å². The van der Waals surface area contributed by atoms with Gasteiger partial charge in [0.15, 0.2) is 5.78 Å². The summed E-state index contributed by atoms with van der Waals surface area (Å²) in [6.07, 6.45) is 0. The van der Waals surface area contributed by atoms with E-state index in [4.69, 9.17) is 10.9 Å². The van der Waals surface area contributed by atoms with Gasteiger partial charge in [0.25, 0.3) is 5.69 Å². The van der Waals surface area contributed by atoms with Gasteiger partial charge in [-0.05, 0) is 36.8 Å². The number of primary sulfonamides is 1. The lowest BCUT2D eigenvalue weighted by Crippen LogP contribution is -2.16. The van der Waals surface area contributed by atoms with Crippen molar-refractivity contribution < 1.29 is 18.1 Å². The molecule has 2 aromatic rings. The highest BCUT2D eigenvalue weighted by Gasteiger charge is 2.23. The second-order valence-corrected chi connectivity index (χ2v) is 6.34. The van der Waals surface area contributed by atoms with Gasteiger partial charge in [-0.1, -0.05) is 0 Å². The largest absolute Gasteiger partial charge is 0.398 e. The molecule has 0 saturated carbocycles. The third kappa shape index (κ3) is 3.20. The Hall–Kier alpha value is -2.78. The number of nitro groups is 1. The summed E-state index contributed by atoms with van der Waals surface area (Å²) in [5.74, 6) is -0.443. The highest BCUT2D eigenvalue weighted by atomic mass is 32.2. The zero-order chi connectivity index (χ0) is 17.4. The normalized spacial score (nSPS) is 11.2. The second kappa shape index (κ2) is 5.78. The quantitative estimate of drug-likeness (QED) is 0.376. The number of nitrogens with zero attached hydrogens (tertiary/aromatic N) is 1. The van der Waals surface area contributed by atoms with Crippen molar-refractivity contribution in [2.75, 3.05) is 5.73 Å². The number of nitro benzene ring substituents is 1. The number of nitrogens with two attached hydrogens (primary N) is 2. The molecular formula is C14H13N3O5S. The Morgan fingerprint density at radius 1 is 1.13 bits per heavy atom. The van der Waals surface area contributed by atoms with Gasteiger partial charge in [0.2, 0.25) is 10.0 Å². The van der Waals surface area contributed by atoms with Crippen molar-refractivity contribution in [3.63, 3.8) is 0 Å². The van der Waals surface area contributed by atoms with Gasteiger partial charge in [-0.3, -0.25) is 14.9 Å². The van der Waals surface area contributed by atoms with Crippen LogP contribution >= 0.6 is 0 Å². The highest BCUT2D eigenvalue weighted by molar-refractivity contribution is 7.89. The summed E-state index contributed by atoms with van der Waals surface area (Å²) in [4.78, 5) is 21.8. The van der Waals surface area contributed by atoms with Crippen LogP contribution in [0.3, 0.4) is 0 Å². The third-order valence-electron chi connectivity index (χ3n) is 3.22. The van der Waals surface area contributed by atoms with Gasteiger partial charge < -0.3 is 5.73 Å². The first-order valence-electron chi connectivity index (χ1n) is 6.34. The molecule has 0 spiro atoms. The van der Waals surface area contributed by atoms with Gasteiger partial charge >= 0.3 is 0 Å². The number of hydrogen-bond donors (Lipinski definition) is 2. The van der Waals surface area contributed by atoms with Gasteiger partial charge in [0, 0.05) is 28.9 Å². The molecule has 0 aliphatic heterocycles. The Balaban J connectivity index is 2.85. The molecular weight excluding hydrogens is 322 g/mol. The maximum atomic E-state index is 11.9. The fourth-order valence-corrected chi connectivity index (χ4v) is 3.01. The first kappa shape index (κ1) is 16.6. The van der Waals surface area contributed by atoms with Crippen LogP contribution < -0.4 is 10.9 Å². The lowest BCUT2D eigenvalue weighted by atomic mass is 9.95. The molecule has 0 aliphatic rings. The Kier molecular flexibility index (Phi) is 4.17. The van der Waals surface area contributed by atoms with Gasteiger partial charge in [0.1, 0.15) is 0 Å². The van der Waals surface area contributed by atoms with Gasteiger partial charge in [0.05, 0.1) is 9.82 Å². The summed E-state index contributed by atoms with van der Waals surface area (Å²) in [6.45, 7) is 1.24. The Morgan fingerprint density at radius 2 is 1.70 bits per heavy atom. The molecule has 0 saturated heterocycles. The SMILES string of the molecule is CC(=O)c1c(N)ccc(S(N)(=O)=O)c1-c1ccc([N+](=O)[O-])cc1. The molecule has 0 amide bonds. The summed E-state index contributed by atoms with van der Waals surface area (Å²) in [5.41, 5.74) is 6.04. The monoisotopic (exact) mass is 335 g/mol. The number of anilines is 1. The molecule has 0 atom stereocenters. The van der Waals surface area contributed by atoms with E-state index >= 15 is 0 Å². The minimum Gasteiger partial charge on any atom is -0.398 e. The van der Waals surface area contributed by atoms with Gasteiger partial charge in [-0.25, -0.2) is 13.6 Å². The number of hydrogen-bond acceptors (Lipinski definition) is 6. The molecule has 0 aliphatic carbocycles. The van der Waals surface area contributed by atoms with E-state index in [1.807, 2.05) is 0 Å². The summed E-state index contributed by atoms with van der Waals surface area (Å²) in [7, 11) is -4.12. The fraction of sp³-hybridized carbons (Fsp3) is 0.0714. The summed E-state index contributed by atoms with van der Waals surface area (Å²) in [5, 5.41) is 15.9. The zero-order valence-corrected chi connectivity index (χ0v) is 12.8. The molecule has 23 heavy (non-hydrogen) atoms. The Labute approximate surface area is 131 Å². The van der Waals surface area contributed by atoms with Gasteiger partial charge in [-0.15, -0.1) is 0 Å². The Morgan fingerprint density at radius 3 is 2.13 bits per heavy atom. The van der Waals surface area contributed by atoms with Crippen LogP contribution in [0.1, 0.15) is 17.3 Å². The lowest BCUT2D eigenvalue weighted by molar-refractivity contribution is -0.384. The maximum absolute atomic E-state index is 11.9. The number of ketones is 1. The number of non-ortho nitro benzene ring substituents is 1. The molecule has 0 fully saturated rings. The van der Waals surface area contributed by atoms with Gasteiger partial charge in [-0.2, -0.15) is 0 Å². The molecule has 120 valence electrons. The minimum absolute atomic E-state index is 0.00498. The molecule has 8 nitrogen and oxygen atoms in total. The zero-order valence-electron chi connectivity index (χ0n) is 12.0. The van der Waals surface area contributed by atoms with E-state index in [-0.39, 0.29) is 33.0 Å². The predicted molar refractivity (Wildman–Crippen MR) is 84.3 cm³/mol. The maximum Gasteiger partial charge on any atom is 0.269 e. The highest BCUT2D eigenvalue weighted by Crippen LogP contribution is 2.35. The van der Waals surface area contributed by atoms with Crippen LogP contribution in [0.4, 0.5) is 11.4 Å². The average molecular weight is 335 g/mol. The van der Waals surface area contributed by atoms with Crippen molar-refractivity contribution >= 4 is 27.2 Å². The summed E-state index contributed by atoms with van der Waals surface area (Å²) in [6, 6.07) is 7.58. The molecule has 4 N–H and O–H groups in total. The molecule has 9 heteroatoms. The van der Waals surface area contributed by atoms with Crippen molar-refractivity contribution in [3.8, 4) is 11.1 Å². The molecule has 0 unspecified atom stereocenters. The first-order chi connectivity index (χ1) is 10.6. The second-order valence-electron chi connectivity index (χ2n) is 4.81. The van der Waals surface area contributed by atoms with Crippen LogP contribution in [-0.4, -0.2) is 19.1 Å². The van der Waals surface area contributed by atoms with E-state index in [1.165, 1.54) is 43.3 Å². The number of carbonyl (C=O) groups is 1. The minimum atomic E-state index is -4.12. The van der Waals surface area contributed by atoms with Crippen molar-refractivity contribution in [2.45, 2.75) is 11.8 Å². The fourth-order valence-electron chi connectivity index (χ4n) is 2.25. The van der Waals surface area contributed by atoms with Crippen molar-refractivity contribution in [3.05, 3.63) is 52.1 Å². The molecule has 2 rings (SSSR count). The van der Waals surface area contributed by atoms with E-state index in [0.29, 0.717) is 0 Å². The number of nitrogen functional groups attached to an aromatic ring is 1. The molecule has 2 aromatic carbocycles. The van der Waals surface area contributed by atoms with E-state index in [0.717, 1.165) is 0 Å². The van der Waals surface area contributed by atoms with Crippen LogP contribution in [-0.2, 0) is 10.0 Å². The lowest BCUT2D eigenvalue weighted by Gasteiger charge is -2.14. The van der Waals surface area contributed by atoms with Crippen molar-refractivity contribution in [2.24, 2.45) is 5.14 Å². The van der Waals surface area contributed by atoms with Crippen LogP contribution in [0.15, 0.2) is 41.3 Å². The van der Waals surface area contributed by atoms with E-state index < -0.39 is 20.7 Å². The van der Waals surface area contributed by atoms with E-state index in [9.17, 15) is 23.3 Å². The number of rotatable bonds is 4. The summed E-state index contributed by atoms with van der Waals surface area (Å²) >= 11 is 0. The molecule has 0 aromatic heterocycles. The average Bonchev–Trinajstić information content (AvgIpc) is 2.45. The molecule has 0 heterocycles. The number of Topliss-reactive ketones (excluding diaryl/α,β-unsaturated/α-hetero) is 1. The first-order valence-corrected chi connectivity index (χ1v) is 7.88. The van der Waals surface area contributed by atoms with Crippen molar-refractivity contribution in [1.82, 2.24) is 0 Å². The Bertz CT molecular complexity index is 905. The van der Waals surface area contributed by atoms with E-state index in [1.54, 1.807) is 0 Å². The summed E-state index contributed by atoms with van der Waals surface area (Å²) < 4.78 is 23.6. The standard InChI is InChI=1S/C14H13N3O5S/c1-8(18)13-11(15)6-7-12(23(16,21)22)14(13)9-2-4-10(5-3-9)17(19)20/h2-7H,15H2,1H3,(H2,16,21,22). The number of carbonyl (C=O) groups excluding carboxylic acids is 1. The van der Waals surface area contributed by atoms with Crippen LogP contribution in [0, 0.1) is 10.1 Å². The van der Waals surface area contributed by atoms with Crippen LogP contribution in [0.25, 0.3) is 11.1 Å². The molecule has 0 radical (unpaired) electrons. The van der Waals surface area contributed by atoms with E-state index in [2.05, 4.69) is 0 Å². The number of sulfonamides is 1. The van der Waals surface area contributed by atoms with Crippen LogP contribution in [0.2, 0.25) is 0 Å². The predicted octanol–water partition coefficient (Wildman–Crippen LogP) is 1.69. The molecule has 0 bridgehead atoms. The smallest absolute Gasteiger partial charge is 0.269 e. The topological polar surface area (TPSA) is 146 Å². The number of benzene rings is 2. The van der Waals surface area contributed by atoms with Crippen molar-refractivity contribution in [1.29, 1.82) is 0 Å².